The summed E-state index contributed by atoms with van der Waals surface area (Å²) in [5, 5.41) is 0. The van der Waals surface area contributed by atoms with Gasteiger partial charge in [0.05, 0.1) is 13.7 Å². The van der Waals surface area contributed by atoms with Crippen molar-refractivity contribution in [1.29, 1.82) is 0 Å². The fourth-order valence-electron chi connectivity index (χ4n) is 1.04. The van der Waals surface area contributed by atoms with Crippen LogP contribution in [0.5, 0.6) is 0 Å². The molecular weight excluding hydrogens is 212 g/mol. The van der Waals surface area contributed by atoms with E-state index in [0.717, 1.165) is 12.7 Å². The molecule has 0 aliphatic heterocycles. The Labute approximate surface area is 92.9 Å². The predicted octanol–water partition coefficient (Wildman–Crippen LogP) is 2.15. The zero-order valence-corrected chi connectivity index (χ0v) is 8.84. The predicted molar refractivity (Wildman–Crippen MR) is 55.0 cm³/mol. The van der Waals surface area contributed by atoms with E-state index in [1.807, 2.05) is 30.3 Å². The summed E-state index contributed by atoms with van der Waals surface area (Å²) in [7, 11) is 1.11. The molecule has 0 saturated carbocycles. The van der Waals surface area contributed by atoms with Gasteiger partial charge in [0, 0.05) is 6.42 Å². The number of rotatable bonds is 3. The van der Waals surface area contributed by atoms with Crippen molar-refractivity contribution in [3.63, 3.8) is 0 Å². The lowest BCUT2D eigenvalue weighted by Crippen LogP contribution is -2.14. The van der Waals surface area contributed by atoms with Gasteiger partial charge in [-0.05, 0) is 5.56 Å². The summed E-state index contributed by atoms with van der Waals surface area (Å²) in [6.45, 7) is 0.153. The normalized spacial score (nSPS) is 9.31. The molecule has 0 unspecified atom stereocenters. The molecule has 1 aromatic rings. The Morgan fingerprint density at radius 1 is 1.12 bits per heavy atom. The van der Waals surface area contributed by atoms with Gasteiger partial charge in [-0.3, -0.25) is 0 Å². The number of hydrogen-bond acceptors (Lipinski definition) is 5. The monoisotopic (exact) mass is 224 g/mol. The molecule has 1 aromatic carbocycles. The largest absolute Gasteiger partial charge is 0.518 e. The molecule has 0 bridgehead atoms. The van der Waals surface area contributed by atoms with Crippen LogP contribution in [0.4, 0.5) is 9.59 Å². The van der Waals surface area contributed by atoms with Gasteiger partial charge in [-0.1, -0.05) is 30.3 Å². The molecule has 0 radical (unpaired) electrons. The summed E-state index contributed by atoms with van der Waals surface area (Å²) in [6, 6.07) is 9.50. The summed E-state index contributed by atoms with van der Waals surface area (Å²) in [5.74, 6) is 0. The van der Waals surface area contributed by atoms with Gasteiger partial charge in [0.25, 0.3) is 0 Å². The SMILES string of the molecule is COC(=O)OC(=O)OCCc1ccccc1. The second kappa shape index (κ2) is 6.44. The summed E-state index contributed by atoms with van der Waals surface area (Å²) < 4.78 is 12.9. The Hall–Kier alpha value is -2.04. The highest BCUT2D eigenvalue weighted by molar-refractivity contribution is 5.76. The zero-order chi connectivity index (χ0) is 11.8. The minimum absolute atomic E-state index is 0.153. The Balaban J connectivity index is 2.21. The van der Waals surface area contributed by atoms with Gasteiger partial charge in [0.2, 0.25) is 0 Å². The number of ether oxygens (including phenoxy) is 3. The van der Waals surface area contributed by atoms with E-state index in [9.17, 15) is 9.59 Å². The fourth-order valence-corrected chi connectivity index (χ4v) is 1.04. The first kappa shape index (κ1) is 12.0. The van der Waals surface area contributed by atoms with Crippen LogP contribution in [0.2, 0.25) is 0 Å². The molecular formula is C11H12O5. The van der Waals surface area contributed by atoms with Crippen molar-refractivity contribution in [2.24, 2.45) is 0 Å². The minimum Gasteiger partial charge on any atom is -0.437 e. The third-order valence-electron chi connectivity index (χ3n) is 1.79. The summed E-state index contributed by atoms with van der Waals surface area (Å²) in [5.41, 5.74) is 1.04. The lowest BCUT2D eigenvalue weighted by molar-refractivity contribution is 0.0464. The van der Waals surface area contributed by atoms with Crippen LogP contribution in [0.25, 0.3) is 0 Å². The van der Waals surface area contributed by atoms with Gasteiger partial charge in [0.15, 0.2) is 0 Å². The molecule has 0 aromatic heterocycles. The van der Waals surface area contributed by atoms with E-state index in [2.05, 4.69) is 14.2 Å². The van der Waals surface area contributed by atoms with Crippen molar-refractivity contribution >= 4 is 12.3 Å². The van der Waals surface area contributed by atoms with Crippen molar-refractivity contribution in [1.82, 2.24) is 0 Å². The van der Waals surface area contributed by atoms with Crippen LogP contribution >= 0.6 is 0 Å². The van der Waals surface area contributed by atoms with Gasteiger partial charge in [-0.2, -0.15) is 0 Å². The molecule has 1 rings (SSSR count). The van der Waals surface area contributed by atoms with Crippen molar-refractivity contribution in [3.05, 3.63) is 35.9 Å². The maximum Gasteiger partial charge on any atom is 0.518 e. The standard InChI is InChI=1S/C11H12O5/c1-14-10(12)16-11(13)15-8-7-9-5-3-2-4-6-9/h2-6H,7-8H2,1H3. The maximum atomic E-state index is 10.9. The third-order valence-corrected chi connectivity index (χ3v) is 1.79. The molecule has 16 heavy (non-hydrogen) atoms. The molecule has 0 aliphatic rings. The van der Waals surface area contributed by atoms with Gasteiger partial charge in [-0.25, -0.2) is 9.59 Å². The topological polar surface area (TPSA) is 61.8 Å². The van der Waals surface area contributed by atoms with Crippen LogP contribution in [0.1, 0.15) is 5.56 Å². The summed E-state index contributed by atoms with van der Waals surface area (Å²) in [4.78, 5) is 21.4. The average Bonchev–Trinajstić information content (AvgIpc) is 2.30. The van der Waals surface area contributed by atoms with Gasteiger partial charge in [-0.15, -0.1) is 0 Å². The number of carbonyl (C=O) groups is 2. The molecule has 0 aliphatic carbocycles. The molecule has 0 atom stereocenters. The van der Waals surface area contributed by atoms with Crippen molar-refractivity contribution < 1.29 is 23.8 Å². The Morgan fingerprint density at radius 2 is 1.81 bits per heavy atom. The van der Waals surface area contributed by atoms with E-state index >= 15 is 0 Å². The Morgan fingerprint density at radius 3 is 2.44 bits per heavy atom. The molecule has 0 heterocycles. The first-order valence-electron chi connectivity index (χ1n) is 4.69. The smallest absolute Gasteiger partial charge is 0.437 e. The summed E-state index contributed by atoms with van der Waals surface area (Å²) >= 11 is 0. The minimum atomic E-state index is -1.08. The van der Waals surface area contributed by atoms with Crippen molar-refractivity contribution in [3.8, 4) is 0 Å². The molecule has 0 spiro atoms. The number of carbonyl (C=O) groups excluding carboxylic acids is 2. The van der Waals surface area contributed by atoms with E-state index in [4.69, 9.17) is 0 Å². The second-order valence-corrected chi connectivity index (χ2v) is 2.89. The van der Waals surface area contributed by atoms with E-state index in [1.165, 1.54) is 0 Å². The molecule has 5 nitrogen and oxygen atoms in total. The molecule has 5 heteroatoms. The first-order valence-corrected chi connectivity index (χ1v) is 4.69. The molecule has 0 N–H and O–H groups in total. The van der Waals surface area contributed by atoms with Gasteiger partial charge < -0.3 is 14.2 Å². The first-order chi connectivity index (χ1) is 7.72. The van der Waals surface area contributed by atoms with Crippen LogP contribution in [0, 0.1) is 0 Å². The van der Waals surface area contributed by atoms with E-state index in [1.54, 1.807) is 0 Å². The van der Waals surface area contributed by atoms with E-state index < -0.39 is 12.3 Å². The van der Waals surface area contributed by atoms with Gasteiger partial charge >= 0.3 is 12.3 Å². The van der Waals surface area contributed by atoms with E-state index in [-0.39, 0.29) is 6.61 Å². The maximum absolute atomic E-state index is 10.9. The third kappa shape index (κ3) is 4.45. The second-order valence-electron chi connectivity index (χ2n) is 2.89. The number of methoxy groups -OCH3 is 1. The molecule has 0 fully saturated rings. The molecule has 0 amide bonds. The lowest BCUT2D eigenvalue weighted by atomic mass is 10.2. The van der Waals surface area contributed by atoms with Crippen LogP contribution in [-0.4, -0.2) is 26.0 Å². The molecule has 86 valence electrons. The number of benzene rings is 1. The van der Waals surface area contributed by atoms with Crippen LogP contribution in [0.15, 0.2) is 30.3 Å². The Kier molecular flexibility index (Phi) is 4.85. The number of hydrogen-bond donors (Lipinski definition) is 0. The van der Waals surface area contributed by atoms with Crippen LogP contribution in [-0.2, 0) is 20.6 Å². The van der Waals surface area contributed by atoms with Crippen LogP contribution < -0.4 is 0 Å². The fraction of sp³-hybridized carbons (Fsp3) is 0.273. The van der Waals surface area contributed by atoms with Crippen molar-refractivity contribution in [2.75, 3.05) is 13.7 Å². The lowest BCUT2D eigenvalue weighted by Gasteiger charge is -2.03. The quantitative estimate of drug-likeness (QED) is 0.581. The highest BCUT2D eigenvalue weighted by atomic mass is 16.8. The van der Waals surface area contributed by atoms with Gasteiger partial charge in [0.1, 0.15) is 0 Å². The Bertz CT molecular complexity index is 347. The highest BCUT2D eigenvalue weighted by Crippen LogP contribution is 2.00. The molecule has 0 saturated heterocycles. The summed E-state index contributed by atoms with van der Waals surface area (Å²) in [6.07, 6.45) is -1.57. The van der Waals surface area contributed by atoms with E-state index in [0.29, 0.717) is 6.42 Å². The van der Waals surface area contributed by atoms with Crippen LogP contribution in [0.3, 0.4) is 0 Å². The zero-order valence-electron chi connectivity index (χ0n) is 8.84. The average molecular weight is 224 g/mol. The van der Waals surface area contributed by atoms with Crippen molar-refractivity contribution in [2.45, 2.75) is 6.42 Å². The highest BCUT2D eigenvalue weighted by Gasteiger charge is 2.10.